The van der Waals surface area contributed by atoms with E-state index in [0.717, 1.165) is 22.2 Å². The summed E-state index contributed by atoms with van der Waals surface area (Å²) in [5, 5.41) is 45.0. The highest BCUT2D eigenvalue weighted by Crippen LogP contribution is 2.29. The van der Waals surface area contributed by atoms with E-state index in [0.29, 0.717) is 30.4 Å². The number of phenols is 1. The summed E-state index contributed by atoms with van der Waals surface area (Å²) in [7, 11) is 1.40. The minimum Gasteiger partial charge on any atom is -0.508 e. The van der Waals surface area contributed by atoms with Crippen LogP contribution in [0.4, 0.5) is 0 Å². The van der Waals surface area contributed by atoms with E-state index >= 15 is 4.79 Å². The Hall–Kier alpha value is -7.03. The van der Waals surface area contributed by atoms with Crippen LogP contribution in [0.5, 0.6) is 5.75 Å². The molecular formula is C51H70N8O13. The molecule has 3 aromatic rings. The number of aromatic nitrogens is 1. The topological polar surface area (TPSA) is 306 Å². The summed E-state index contributed by atoms with van der Waals surface area (Å²) in [4.78, 5) is 133. The summed E-state index contributed by atoms with van der Waals surface area (Å²) < 4.78 is 5.89. The van der Waals surface area contributed by atoms with Crippen molar-refractivity contribution in [2.45, 2.75) is 160 Å². The van der Waals surface area contributed by atoms with Gasteiger partial charge >= 0.3 is 11.9 Å². The second-order valence-corrected chi connectivity index (χ2v) is 19.2. The van der Waals surface area contributed by atoms with Gasteiger partial charge in [0.05, 0.1) is 6.42 Å². The Balaban J connectivity index is 1.63. The fourth-order valence-electron chi connectivity index (χ4n) is 9.02. The number of nitrogens with one attached hydrogen (secondary N) is 6. The van der Waals surface area contributed by atoms with Gasteiger partial charge in [0.25, 0.3) is 0 Å². The van der Waals surface area contributed by atoms with Gasteiger partial charge in [0.15, 0.2) is 0 Å². The number of aliphatic carboxylic acids is 1. The number of carbonyl (C=O) groups excluding carboxylic acids is 8. The molecule has 5 rings (SSSR count). The number of hydrogen-bond donors (Lipinski definition) is 9. The number of aromatic amines is 1. The fraction of sp³-hybridized carbons (Fsp3) is 0.549. The average molecular weight is 1000 g/mol. The fourth-order valence-corrected chi connectivity index (χ4v) is 9.02. The van der Waals surface area contributed by atoms with Gasteiger partial charge in [-0.2, -0.15) is 0 Å². The number of carboxylic acid groups (broad SMARTS) is 1. The number of para-hydroxylation sites is 1. The molecular weight excluding hydrogens is 933 g/mol. The van der Waals surface area contributed by atoms with Gasteiger partial charge in [0.1, 0.15) is 60.4 Å². The molecule has 21 nitrogen and oxygen atoms in total. The number of cyclic esters (lactones) is 1. The molecule has 9 N–H and O–H groups in total. The number of H-pyrrole nitrogens is 1. The van der Waals surface area contributed by atoms with Crippen LogP contribution in [0.25, 0.3) is 10.9 Å². The number of fused-ring (bicyclic) bond motifs is 3. The number of piperidine rings is 1. The molecule has 0 aliphatic carbocycles. The van der Waals surface area contributed by atoms with E-state index in [9.17, 15) is 53.7 Å². The normalized spacial score (nSPS) is 24.7. The molecule has 7 amide bonds. The van der Waals surface area contributed by atoms with Crippen LogP contribution in [-0.4, -0.2) is 145 Å². The number of esters is 1. The summed E-state index contributed by atoms with van der Waals surface area (Å²) in [6.07, 6.45) is -0.525. The number of aromatic hydroxyl groups is 1. The Morgan fingerprint density at radius 1 is 0.861 bits per heavy atom. The molecule has 1 aromatic heterocycles. The zero-order valence-corrected chi connectivity index (χ0v) is 41.9. The third-order valence-electron chi connectivity index (χ3n) is 13.5. The van der Waals surface area contributed by atoms with E-state index in [-0.39, 0.29) is 37.9 Å². The minimum absolute atomic E-state index is 0.0172. The second kappa shape index (κ2) is 25.4. The number of unbranched alkanes of at least 4 members (excludes halogenated alkanes) is 2. The molecule has 72 heavy (non-hydrogen) atoms. The first kappa shape index (κ1) is 55.9. The standard InChI is InChI=1S/C51H70N8O13/c1-8-10-11-16-39(61)53-37(25-41(63)64)46(66)57-43-29(6)72-51(71)42(27(3)4)56-47(67)38(24-31-26-52-34-15-13-12-14-33(31)34)58(7)50(70)44(28(5)9-2)59-40(62)22-21-35(49(59)69)54-45(65)36(55-48(43)68)23-30-17-19-32(60)20-18-30/h12-15,17-20,26-29,35-38,40,42-44,52,60,62H,8-11,16,21-25H2,1-7H3,(H,53,61)(H,54,65)(H,55,68)(H,56,67)(H,57,66)(H,63,64)/t28?,29-,35+,36+,37-,38+,40-,42+,43+,44-/m1/s1. The van der Waals surface area contributed by atoms with Crippen LogP contribution in [0.3, 0.4) is 0 Å². The van der Waals surface area contributed by atoms with E-state index < -0.39 is 126 Å². The smallest absolute Gasteiger partial charge is 0.329 e. The van der Waals surface area contributed by atoms with Gasteiger partial charge in [0, 0.05) is 43.4 Å². The van der Waals surface area contributed by atoms with E-state index in [1.165, 1.54) is 43.1 Å². The zero-order valence-electron chi connectivity index (χ0n) is 41.9. The monoisotopic (exact) mass is 1000 g/mol. The third kappa shape index (κ3) is 14.1. The maximum atomic E-state index is 15.1. The van der Waals surface area contributed by atoms with Crippen LogP contribution in [0.2, 0.25) is 0 Å². The molecule has 21 heteroatoms. The number of aliphatic hydroxyl groups excluding tert-OH is 1. The lowest BCUT2D eigenvalue weighted by atomic mass is 9.91. The van der Waals surface area contributed by atoms with Gasteiger partial charge in [-0.1, -0.05) is 84.2 Å². The van der Waals surface area contributed by atoms with Crippen molar-refractivity contribution in [2.75, 3.05) is 7.05 Å². The average Bonchev–Trinajstić information content (AvgIpc) is 3.75. The summed E-state index contributed by atoms with van der Waals surface area (Å²) in [6, 6.07) is 2.40. The van der Waals surface area contributed by atoms with Gasteiger partial charge in [-0.3, -0.25) is 38.4 Å². The third-order valence-corrected chi connectivity index (χ3v) is 13.5. The Kier molecular flexibility index (Phi) is 19.7. The Labute approximate surface area is 418 Å². The second-order valence-electron chi connectivity index (χ2n) is 19.2. The molecule has 2 aliphatic heterocycles. The number of likely N-dealkylation sites (N-methyl/N-ethyl adjacent to an activating group) is 1. The molecule has 2 aromatic carbocycles. The summed E-state index contributed by atoms with van der Waals surface area (Å²) in [5.74, 6) is -9.97. The molecule has 2 bridgehead atoms. The number of nitrogens with zero attached hydrogens (tertiary/aromatic N) is 2. The van der Waals surface area contributed by atoms with Crippen molar-refractivity contribution in [2.24, 2.45) is 11.8 Å². The molecule has 1 unspecified atom stereocenters. The Morgan fingerprint density at radius 3 is 2.21 bits per heavy atom. The van der Waals surface area contributed by atoms with Crippen LogP contribution >= 0.6 is 0 Å². The lowest BCUT2D eigenvalue weighted by Gasteiger charge is -2.44. The van der Waals surface area contributed by atoms with Crippen molar-refractivity contribution in [3.8, 4) is 5.75 Å². The van der Waals surface area contributed by atoms with E-state index in [4.69, 9.17) is 4.74 Å². The van der Waals surface area contributed by atoms with Crippen molar-refractivity contribution >= 4 is 64.2 Å². The number of carbonyl (C=O) groups is 9. The predicted molar refractivity (Wildman–Crippen MR) is 262 cm³/mol. The number of hydrogen-bond acceptors (Lipinski definition) is 12. The number of carboxylic acids is 1. The van der Waals surface area contributed by atoms with Gasteiger partial charge in [-0.25, -0.2) is 4.79 Å². The molecule has 392 valence electrons. The number of amides is 7. The Morgan fingerprint density at radius 2 is 1.56 bits per heavy atom. The minimum atomic E-state index is -1.88. The zero-order chi connectivity index (χ0) is 53.0. The summed E-state index contributed by atoms with van der Waals surface area (Å²) in [6.45, 7) is 9.94. The van der Waals surface area contributed by atoms with E-state index in [1.54, 1.807) is 33.9 Å². The molecule has 0 spiro atoms. The first-order valence-electron chi connectivity index (χ1n) is 24.7. The molecule has 2 aliphatic rings. The number of ether oxygens (including phenoxy) is 1. The summed E-state index contributed by atoms with van der Waals surface area (Å²) in [5.41, 5.74) is 1.82. The highest BCUT2D eigenvalue weighted by atomic mass is 16.5. The number of benzene rings is 2. The summed E-state index contributed by atoms with van der Waals surface area (Å²) >= 11 is 0. The van der Waals surface area contributed by atoms with E-state index in [1.807, 2.05) is 31.2 Å². The molecule has 0 radical (unpaired) electrons. The largest absolute Gasteiger partial charge is 0.508 e. The van der Waals surface area contributed by atoms with Crippen LogP contribution in [-0.2, 0) is 60.7 Å². The lowest BCUT2D eigenvalue weighted by molar-refractivity contribution is -0.168. The maximum Gasteiger partial charge on any atom is 0.329 e. The van der Waals surface area contributed by atoms with Crippen LogP contribution < -0.4 is 26.6 Å². The number of rotatable bonds is 16. The van der Waals surface area contributed by atoms with Crippen molar-refractivity contribution < 1.29 is 63.2 Å². The molecule has 2 saturated heterocycles. The highest BCUT2D eigenvalue weighted by molar-refractivity contribution is 5.99. The lowest BCUT2D eigenvalue weighted by Crippen LogP contribution is -2.66. The number of aliphatic hydroxyl groups is 1. The van der Waals surface area contributed by atoms with Crippen molar-refractivity contribution in [1.29, 1.82) is 0 Å². The molecule has 0 saturated carbocycles. The van der Waals surface area contributed by atoms with Crippen molar-refractivity contribution in [1.82, 2.24) is 41.4 Å². The molecule has 2 fully saturated rings. The molecule has 10 atom stereocenters. The van der Waals surface area contributed by atoms with Crippen LogP contribution in [0.15, 0.2) is 54.7 Å². The Bertz CT molecular complexity index is 2440. The first-order chi connectivity index (χ1) is 34.1. The SMILES string of the molecule is CCCCCC(=O)N[C@H](CC(=O)O)C(=O)N[C@@H]1C(=O)N[C@@H](Cc2ccc(O)cc2)C(=O)N[C@H]2CC[C@@H](O)N(C2=O)[C@H](C(C)CC)C(=O)N(C)[C@@H](Cc2c[nH]c3ccccc23)C(=O)N[C@@H](C(C)C)C(=O)O[C@@H]1C. The predicted octanol–water partition coefficient (Wildman–Crippen LogP) is 1.92. The van der Waals surface area contributed by atoms with E-state index in [2.05, 4.69) is 31.6 Å². The van der Waals surface area contributed by atoms with Gasteiger partial charge in [-0.05, 0) is 67.3 Å². The maximum absolute atomic E-state index is 15.1. The highest BCUT2D eigenvalue weighted by Gasteiger charge is 2.47. The van der Waals surface area contributed by atoms with Gasteiger partial charge < -0.3 is 61.4 Å². The van der Waals surface area contributed by atoms with Gasteiger partial charge in [0.2, 0.25) is 41.4 Å². The van der Waals surface area contributed by atoms with Crippen molar-refractivity contribution in [3.63, 3.8) is 0 Å². The van der Waals surface area contributed by atoms with Gasteiger partial charge in [-0.15, -0.1) is 0 Å². The van der Waals surface area contributed by atoms with Crippen LogP contribution in [0.1, 0.15) is 104 Å². The first-order valence-corrected chi connectivity index (χ1v) is 24.7. The van der Waals surface area contributed by atoms with Crippen LogP contribution in [0, 0.1) is 11.8 Å². The van der Waals surface area contributed by atoms with Crippen molar-refractivity contribution in [3.05, 3.63) is 65.9 Å². The number of phenolic OH excluding ortho intramolecular Hbond substituents is 1. The quantitative estimate of drug-likeness (QED) is 0.0733. The molecule has 3 heterocycles.